The summed E-state index contributed by atoms with van der Waals surface area (Å²) >= 11 is 1.38. The van der Waals surface area contributed by atoms with Crippen LogP contribution in [0, 0.1) is 0 Å². The smallest absolute Gasteiger partial charge is 0.327 e. The van der Waals surface area contributed by atoms with E-state index in [2.05, 4.69) is 10.6 Å². The molecule has 1 unspecified atom stereocenters. The summed E-state index contributed by atoms with van der Waals surface area (Å²) in [4.78, 5) is 36.3. The molecule has 2 fully saturated rings. The predicted molar refractivity (Wildman–Crippen MR) is 69.3 cm³/mol. The number of nitrogens with zero attached hydrogens (tertiary/aromatic N) is 1. The summed E-state index contributed by atoms with van der Waals surface area (Å²) in [6.45, 7) is 4.90. The summed E-state index contributed by atoms with van der Waals surface area (Å²) in [6.07, 6.45) is 0. The van der Waals surface area contributed by atoms with Crippen LogP contribution in [0.1, 0.15) is 20.8 Å². The number of nitrogens with one attached hydrogen (secondary N) is 2. The summed E-state index contributed by atoms with van der Waals surface area (Å²) in [5.74, 6) is -1.76. The van der Waals surface area contributed by atoms with Crippen molar-refractivity contribution in [3.05, 3.63) is 0 Å². The van der Waals surface area contributed by atoms with Crippen molar-refractivity contribution in [1.29, 1.82) is 0 Å². The van der Waals surface area contributed by atoms with Crippen LogP contribution in [-0.2, 0) is 14.4 Å². The summed E-state index contributed by atoms with van der Waals surface area (Å²) in [7, 11) is 1.58. The molecule has 3 atom stereocenters. The predicted octanol–water partition coefficient (Wildman–Crippen LogP) is -0.815. The van der Waals surface area contributed by atoms with Crippen LogP contribution in [0.2, 0.25) is 0 Å². The van der Waals surface area contributed by atoms with Crippen LogP contribution >= 0.6 is 11.8 Å². The van der Waals surface area contributed by atoms with Gasteiger partial charge in [-0.2, -0.15) is 0 Å². The molecule has 2 aliphatic heterocycles. The Morgan fingerprint density at radius 1 is 1.42 bits per heavy atom. The van der Waals surface area contributed by atoms with Crippen molar-refractivity contribution < 1.29 is 19.5 Å². The van der Waals surface area contributed by atoms with Crippen molar-refractivity contribution in [2.45, 2.75) is 42.6 Å². The molecule has 0 radical (unpaired) electrons. The number of thioether (sulfide) groups is 1. The number of likely N-dealkylation sites (N-methyl/N-ethyl adjacent to an activating group) is 1. The van der Waals surface area contributed by atoms with Crippen LogP contribution in [0.15, 0.2) is 0 Å². The number of carbonyl (C=O) groups excluding carboxylic acids is 2. The molecule has 0 aromatic carbocycles. The lowest BCUT2D eigenvalue weighted by molar-refractivity contribution is -0.171. The number of amides is 2. The molecule has 0 bridgehead atoms. The summed E-state index contributed by atoms with van der Waals surface area (Å²) in [5.41, 5.74) is -1.20. The molecule has 2 amide bonds. The first-order chi connectivity index (χ1) is 8.67. The third-order valence-electron chi connectivity index (χ3n) is 3.55. The highest BCUT2D eigenvalue weighted by molar-refractivity contribution is 8.01. The quantitative estimate of drug-likeness (QED) is 0.463. The largest absolute Gasteiger partial charge is 0.480 e. The van der Waals surface area contributed by atoms with Crippen molar-refractivity contribution in [3.8, 4) is 0 Å². The Morgan fingerprint density at radius 2 is 2.00 bits per heavy atom. The number of hydrogen-bond donors (Lipinski definition) is 3. The Hall–Kier alpha value is -1.28. The maximum atomic E-state index is 12.3. The van der Waals surface area contributed by atoms with E-state index in [1.54, 1.807) is 20.9 Å². The van der Waals surface area contributed by atoms with Crippen molar-refractivity contribution in [1.82, 2.24) is 15.5 Å². The Labute approximate surface area is 115 Å². The third-order valence-corrected chi connectivity index (χ3v) is 5.18. The minimum atomic E-state index is -1.20. The minimum absolute atomic E-state index is 0.334. The van der Waals surface area contributed by atoms with Gasteiger partial charge in [-0.15, -0.1) is 11.8 Å². The highest BCUT2D eigenvalue weighted by Gasteiger charge is 2.71. The van der Waals surface area contributed by atoms with Crippen molar-refractivity contribution >= 4 is 29.5 Å². The highest BCUT2D eigenvalue weighted by Crippen LogP contribution is 2.53. The van der Waals surface area contributed by atoms with E-state index in [0.717, 1.165) is 0 Å². The van der Waals surface area contributed by atoms with Crippen LogP contribution in [0.25, 0.3) is 0 Å². The molecule has 0 spiro atoms. The molecule has 2 heterocycles. The van der Waals surface area contributed by atoms with E-state index in [1.807, 2.05) is 0 Å². The van der Waals surface area contributed by atoms with Gasteiger partial charge in [0.25, 0.3) is 5.91 Å². The number of β-lactam (4-membered cyclic amide) rings is 1. The van der Waals surface area contributed by atoms with Gasteiger partial charge in [0.2, 0.25) is 11.6 Å². The maximum Gasteiger partial charge on any atom is 0.327 e. The molecule has 0 aromatic heterocycles. The molecular weight excluding hydrogens is 270 g/mol. The molecule has 106 valence electrons. The fraction of sp³-hybridized carbons (Fsp3) is 0.727. The van der Waals surface area contributed by atoms with Crippen LogP contribution in [-0.4, -0.2) is 56.7 Å². The van der Waals surface area contributed by atoms with E-state index in [1.165, 1.54) is 23.6 Å². The zero-order valence-corrected chi connectivity index (χ0v) is 12.0. The first-order valence-corrected chi connectivity index (χ1v) is 6.76. The van der Waals surface area contributed by atoms with Gasteiger partial charge in [0.15, 0.2) is 0 Å². The third kappa shape index (κ3) is 1.73. The maximum absolute atomic E-state index is 12.3. The molecule has 19 heavy (non-hydrogen) atoms. The van der Waals surface area contributed by atoms with Gasteiger partial charge in [-0.1, -0.05) is 0 Å². The van der Waals surface area contributed by atoms with Crippen molar-refractivity contribution in [2.24, 2.45) is 0 Å². The summed E-state index contributed by atoms with van der Waals surface area (Å²) in [6, 6.07) is -0.884. The van der Waals surface area contributed by atoms with Gasteiger partial charge in [-0.25, -0.2) is 4.79 Å². The first-order valence-electron chi connectivity index (χ1n) is 5.88. The topological polar surface area (TPSA) is 98.7 Å². The van der Waals surface area contributed by atoms with Crippen molar-refractivity contribution in [2.75, 3.05) is 7.05 Å². The molecule has 3 N–H and O–H groups in total. The molecule has 0 aliphatic carbocycles. The van der Waals surface area contributed by atoms with Crippen LogP contribution < -0.4 is 10.6 Å². The number of hydrogen-bond acceptors (Lipinski definition) is 5. The van der Waals surface area contributed by atoms with Gasteiger partial charge < -0.3 is 15.3 Å². The van der Waals surface area contributed by atoms with E-state index >= 15 is 0 Å². The van der Waals surface area contributed by atoms with Gasteiger partial charge in [-0.05, 0) is 20.9 Å². The Bertz CT molecular complexity index is 467. The number of fused-ring (bicyclic) bond motifs is 1. The standard InChI is InChI=1S/C11H17N3O4S/c1-5(15)13-11(12-4)8(18)14-6(7(16)17)10(2,3)19-9(11)14/h6,9,12H,1-4H3,(H,13,15)(H,16,17)/t6-,9+,11?/m0/s1. The molecule has 2 aliphatic rings. The fourth-order valence-electron chi connectivity index (χ4n) is 2.75. The lowest BCUT2D eigenvalue weighted by Crippen LogP contribution is -2.84. The number of rotatable bonds is 3. The van der Waals surface area contributed by atoms with Gasteiger partial charge in [-0.3, -0.25) is 14.9 Å². The average Bonchev–Trinajstić information content (AvgIpc) is 2.55. The van der Waals surface area contributed by atoms with Gasteiger partial charge in [0.1, 0.15) is 11.4 Å². The average molecular weight is 287 g/mol. The first kappa shape index (κ1) is 14.1. The van der Waals surface area contributed by atoms with Crippen LogP contribution in [0.5, 0.6) is 0 Å². The summed E-state index contributed by atoms with van der Waals surface area (Å²) in [5, 5.41) is 14.3. The van der Waals surface area contributed by atoms with Crippen molar-refractivity contribution in [3.63, 3.8) is 0 Å². The molecular formula is C11H17N3O4S. The van der Waals surface area contributed by atoms with E-state index in [0.29, 0.717) is 0 Å². The fourth-order valence-corrected chi connectivity index (χ4v) is 4.45. The highest BCUT2D eigenvalue weighted by atomic mass is 32.2. The molecule has 2 saturated heterocycles. The summed E-state index contributed by atoms with van der Waals surface area (Å²) < 4.78 is -0.608. The number of carboxylic acids is 1. The van der Waals surface area contributed by atoms with E-state index in [-0.39, 0.29) is 5.91 Å². The van der Waals surface area contributed by atoms with Crippen LogP contribution in [0.4, 0.5) is 0 Å². The Kier molecular flexibility index (Phi) is 3.06. The van der Waals surface area contributed by atoms with Crippen LogP contribution in [0.3, 0.4) is 0 Å². The molecule has 0 aromatic rings. The number of aliphatic carboxylic acids is 1. The molecule has 2 rings (SSSR count). The Balaban J connectivity index is 2.36. The van der Waals surface area contributed by atoms with E-state index in [4.69, 9.17) is 0 Å². The monoisotopic (exact) mass is 287 g/mol. The zero-order chi connectivity index (χ0) is 14.6. The lowest BCUT2D eigenvalue weighted by atomic mass is 9.91. The van der Waals surface area contributed by atoms with Gasteiger partial charge >= 0.3 is 5.97 Å². The molecule has 7 nitrogen and oxygen atoms in total. The second-order valence-electron chi connectivity index (χ2n) is 5.27. The zero-order valence-electron chi connectivity index (χ0n) is 11.2. The van der Waals surface area contributed by atoms with E-state index < -0.39 is 33.7 Å². The molecule has 8 heteroatoms. The lowest BCUT2D eigenvalue weighted by Gasteiger charge is -2.52. The van der Waals surface area contributed by atoms with Gasteiger partial charge in [0, 0.05) is 11.7 Å². The minimum Gasteiger partial charge on any atom is -0.480 e. The number of carboxylic acid groups (broad SMARTS) is 1. The van der Waals surface area contributed by atoms with Gasteiger partial charge in [0.05, 0.1) is 0 Å². The SMILES string of the molecule is CNC1(NC(C)=O)C(=O)N2[C@@H](C(=O)O)C(C)(C)S[C@@H]21. The van der Waals surface area contributed by atoms with E-state index in [9.17, 15) is 19.5 Å². The normalized spacial score (nSPS) is 35.6. The molecule has 0 saturated carbocycles. The Morgan fingerprint density at radius 3 is 2.42 bits per heavy atom. The number of carbonyl (C=O) groups is 3. The second kappa shape index (κ2) is 4.11. The second-order valence-corrected chi connectivity index (χ2v) is 7.00.